The SMILES string of the molecule is Cc1nn(-c2cccnc2)c2ccccc12. The van der Waals surface area contributed by atoms with Crippen LogP contribution in [0.1, 0.15) is 5.69 Å². The summed E-state index contributed by atoms with van der Waals surface area (Å²) in [6.07, 6.45) is 3.58. The summed E-state index contributed by atoms with van der Waals surface area (Å²) in [4.78, 5) is 4.12. The third-order valence-corrected chi connectivity index (χ3v) is 2.66. The smallest absolute Gasteiger partial charge is 0.0836 e. The van der Waals surface area contributed by atoms with Gasteiger partial charge in [-0.05, 0) is 25.1 Å². The monoisotopic (exact) mass is 209 g/mol. The van der Waals surface area contributed by atoms with E-state index >= 15 is 0 Å². The topological polar surface area (TPSA) is 30.7 Å². The zero-order valence-electron chi connectivity index (χ0n) is 8.96. The molecule has 2 aromatic heterocycles. The highest BCUT2D eigenvalue weighted by atomic mass is 15.3. The maximum atomic E-state index is 4.54. The van der Waals surface area contributed by atoms with Crippen LogP contribution in [0.5, 0.6) is 0 Å². The number of para-hydroxylation sites is 1. The lowest BCUT2D eigenvalue weighted by molar-refractivity contribution is 0.883. The van der Waals surface area contributed by atoms with Crippen LogP contribution in [0, 0.1) is 6.92 Å². The molecule has 0 spiro atoms. The van der Waals surface area contributed by atoms with E-state index < -0.39 is 0 Å². The van der Waals surface area contributed by atoms with Gasteiger partial charge >= 0.3 is 0 Å². The second-order valence-electron chi connectivity index (χ2n) is 3.73. The van der Waals surface area contributed by atoms with Gasteiger partial charge in [-0.3, -0.25) is 4.98 Å². The van der Waals surface area contributed by atoms with Gasteiger partial charge < -0.3 is 0 Å². The first kappa shape index (κ1) is 9.09. The summed E-state index contributed by atoms with van der Waals surface area (Å²) in [5.74, 6) is 0. The quantitative estimate of drug-likeness (QED) is 0.617. The van der Waals surface area contributed by atoms with Crippen molar-refractivity contribution >= 4 is 10.9 Å². The molecule has 3 aromatic rings. The zero-order chi connectivity index (χ0) is 11.0. The minimum absolute atomic E-state index is 0.992. The fourth-order valence-electron chi connectivity index (χ4n) is 1.90. The molecule has 2 heterocycles. The summed E-state index contributed by atoms with van der Waals surface area (Å²) in [6.45, 7) is 2.02. The maximum absolute atomic E-state index is 4.54. The van der Waals surface area contributed by atoms with Crippen LogP contribution < -0.4 is 0 Å². The van der Waals surface area contributed by atoms with E-state index in [9.17, 15) is 0 Å². The summed E-state index contributed by atoms with van der Waals surface area (Å²) < 4.78 is 1.93. The Morgan fingerprint density at radius 1 is 1.06 bits per heavy atom. The predicted molar refractivity (Wildman–Crippen MR) is 63.6 cm³/mol. The van der Waals surface area contributed by atoms with Crippen molar-refractivity contribution in [2.24, 2.45) is 0 Å². The minimum atomic E-state index is 0.992. The van der Waals surface area contributed by atoms with E-state index in [4.69, 9.17) is 0 Å². The average molecular weight is 209 g/mol. The van der Waals surface area contributed by atoms with Crippen molar-refractivity contribution in [2.45, 2.75) is 6.92 Å². The minimum Gasteiger partial charge on any atom is -0.262 e. The highest BCUT2D eigenvalue weighted by Gasteiger charge is 2.07. The third-order valence-electron chi connectivity index (χ3n) is 2.66. The molecule has 0 unspecified atom stereocenters. The molecule has 0 aliphatic carbocycles. The molecule has 3 heteroatoms. The molecule has 0 radical (unpaired) electrons. The zero-order valence-corrected chi connectivity index (χ0v) is 8.96. The molecule has 0 N–H and O–H groups in total. The molecule has 0 aliphatic rings. The number of aryl methyl sites for hydroxylation is 1. The Hall–Kier alpha value is -2.16. The number of hydrogen-bond acceptors (Lipinski definition) is 2. The molecule has 78 valence electrons. The van der Waals surface area contributed by atoms with Gasteiger partial charge in [0.2, 0.25) is 0 Å². The molecule has 0 saturated heterocycles. The van der Waals surface area contributed by atoms with Gasteiger partial charge in [-0.25, -0.2) is 4.68 Å². The van der Waals surface area contributed by atoms with Crippen LogP contribution in [-0.4, -0.2) is 14.8 Å². The number of fused-ring (bicyclic) bond motifs is 1. The Bertz CT molecular complexity index is 626. The first-order valence-corrected chi connectivity index (χ1v) is 5.21. The van der Waals surface area contributed by atoms with Crippen LogP contribution in [0.25, 0.3) is 16.6 Å². The summed E-state index contributed by atoms with van der Waals surface area (Å²) in [7, 11) is 0. The van der Waals surface area contributed by atoms with Crippen LogP contribution >= 0.6 is 0 Å². The average Bonchev–Trinajstić information content (AvgIpc) is 2.69. The molecule has 0 atom stereocenters. The summed E-state index contributed by atoms with van der Waals surface area (Å²) in [6, 6.07) is 12.1. The number of hydrogen-bond donors (Lipinski definition) is 0. The van der Waals surface area contributed by atoms with E-state index in [-0.39, 0.29) is 0 Å². The third kappa shape index (κ3) is 1.29. The molecule has 0 fully saturated rings. The van der Waals surface area contributed by atoms with Crippen molar-refractivity contribution in [2.75, 3.05) is 0 Å². The van der Waals surface area contributed by atoms with Gasteiger partial charge in [-0.15, -0.1) is 0 Å². The van der Waals surface area contributed by atoms with E-state index in [1.807, 2.05) is 42.1 Å². The number of nitrogens with zero attached hydrogens (tertiary/aromatic N) is 3. The van der Waals surface area contributed by atoms with E-state index in [1.165, 1.54) is 5.39 Å². The van der Waals surface area contributed by atoms with Gasteiger partial charge in [0.15, 0.2) is 0 Å². The molecule has 3 nitrogen and oxygen atoms in total. The van der Waals surface area contributed by atoms with Crippen LogP contribution in [0.3, 0.4) is 0 Å². The molecule has 0 saturated carbocycles. The molecule has 1 aromatic carbocycles. The van der Waals surface area contributed by atoms with Crippen molar-refractivity contribution in [3.63, 3.8) is 0 Å². The van der Waals surface area contributed by atoms with Gasteiger partial charge in [0.1, 0.15) is 0 Å². The van der Waals surface area contributed by atoms with Gasteiger partial charge in [0.25, 0.3) is 0 Å². The van der Waals surface area contributed by atoms with Gasteiger partial charge in [0.05, 0.1) is 23.1 Å². The molecular formula is C13H11N3. The largest absolute Gasteiger partial charge is 0.262 e. The second kappa shape index (κ2) is 3.45. The normalized spacial score (nSPS) is 10.8. The number of pyridine rings is 1. The first-order chi connectivity index (χ1) is 7.86. The van der Waals surface area contributed by atoms with Crippen molar-refractivity contribution in [1.82, 2.24) is 14.8 Å². The molecular weight excluding hydrogens is 198 g/mol. The van der Waals surface area contributed by atoms with Crippen LogP contribution in [-0.2, 0) is 0 Å². The standard InChI is InChI=1S/C13H11N3/c1-10-12-6-2-3-7-13(12)16(15-10)11-5-4-8-14-9-11/h2-9H,1H3. The van der Waals surface area contributed by atoms with Gasteiger partial charge in [0, 0.05) is 11.6 Å². The number of rotatable bonds is 1. The molecule has 0 bridgehead atoms. The highest BCUT2D eigenvalue weighted by Crippen LogP contribution is 2.20. The lowest BCUT2D eigenvalue weighted by atomic mass is 10.2. The van der Waals surface area contributed by atoms with E-state index in [0.717, 1.165) is 16.9 Å². The molecule has 16 heavy (non-hydrogen) atoms. The van der Waals surface area contributed by atoms with E-state index in [0.29, 0.717) is 0 Å². The van der Waals surface area contributed by atoms with Crippen molar-refractivity contribution < 1.29 is 0 Å². The van der Waals surface area contributed by atoms with Crippen LogP contribution in [0.15, 0.2) is 48.8 Å². The Balaban J connectivity index is 2.33. The highest BCUT2D eigenvalue weighted by molar-refractivity contribution is 5.83. The lowest BCUT2D eigenvalue weighted by Crippen LogP contribution is -1.96. The summed E-state index contributed by atoms with van der Waals surface area (Å²) in [5.41, 5.74) is 3.15. The van der Waals surface area contributed by atoms with Gasteiger partial charge in [-0.2, -0.15) is 5.10 Å². The lowest BCUT2D eigenvalue weighted by Gasteiger charge is -2.01. The van der Waals surface area contributed by atoms with Crippen molar-refractivity contribution in [3.05, 3.63) is 54.5 Å². The van der Waals surface area contributed by atoms with E-state index in [1.54, 1.807) is 6.20 Å². The molecule has 0 amide bonds. The van der Waals surface area contributed by atoms with Gasteiger partial charge in [-0.1, -0.05) is 18.2 Å². The summed E-state index contributed by atoms with van der Waals surface area (Å²) in [5, 5.41) is 5.72. The van der Waals surface area contributed by atoms with E-state index in [2.05, 4.69) is 22.2 Å². The Morgan fingerprint density at radius 3 is 2.75 bits per heavy atom. The first-order valence-electron chi connectivity index (χ1n) is 5.21. The number of benzene rings is 1. The molecule has 3 rings (SSSR count). The predicted octanol–water partition coefficient (Wildman–Crippen LogP) is 2.73. The Morgan fingerprint density at radius 2 is 1.94 bits per heavy atom. The second-order valence-corrected chi connectivity index (χ2v) is 3.73. The molecule has 0 aliphatic heterocycles. The Labute approximate surface area is 93.4 Å². The van der Waals surface area contributed by atoms with Crippen molar-refractivity contribution in [3.8, 4) is 5.69 Å². The van der Waals surface area contributed by atoms with Crippen LogP contribution in [0.2, 0.25) is 0 Å². The summed E-state index contributed by atoms with van der Waals surface area (Å²) >= 11 is 0. The Kier molecular flexibility index (Phi) is 1.96. The van der Waals surface area contributed by atoms with Crippen LogP contribution in [0.4, 0.5) is 0 Å². The fraction of sp³-hybridized carbons (Fsp3) is 0.0769. The fourth-order valence-corrected chi connectivity index (χ4v) is 1.90. The van der Waals surface area contributed by atoms with Crippen molar-refractivity contribution in [1.29, 1.82) is 0 Å². The maximum Gasteiger partial charge on any atom is 0.0836 e. The number of aromatic nitrogens is 3.